The summed E-state index contributed by atoms with van der Waals surface area (Å²) in [5.41, 5.74) is 13.1. The molecule has 0 aromatic heterocycles. The molecular formula is C48H46SiZr-4. The van der Waals surface area contributed by atoms with Crippen LogP contribution in [0.4, 0.5) is 0 Å². The van der Waals surface area contributed by atoms with Gasteiger partial charge in [-0.3, -0.25) is 0 Å². The summed E-state index contributed by atoms with van der Waals surface area (Å²) in [6, 6.07) is 53.4. The van der Waals surface area contributed by atoms with Crippen molar-refractivity contribution in [3.8, 4) is 33.4 Å². The molecule has 0 aliphatic carbocycles. The Labute approximate surface area is 317 Å². The fourth-order valence-corrected chi connectivity index (χ4v) is 6.64. The van der Waals surface area contributed by atoms with E-state index < -0.39 is 0 Å². The number of rotatable bonds is 4. The van der Waals surface area contributed by atoms with E-state index in [1.54, 1.807) is 0 Å². The van der Waals surface area contributed by atoms with Crippen LogP contribution in [0.25, 0.3) is 65.7 Å². The van der Waals surface area contributed by atoms with E-state index in [9.17, 15) is 0 Å². The monoisotopic (exact) mass is 740 g/mol. The van der Waals surface area contributed by atoms with E-state index in [-0.39, 0.29) is 14.9 Å². The molecule has 2 heteroatoms. The molecule has 50 heavy (non-hydrogen) atoms. The van der Waals surface area contributed by atoms with Crippen molar-refractivity contribution >= 4 is 39.2 Å². The van der Waals surface area contributed by atoms with E-state index in [0.717, 1.165) is 0 Å². The molecular weight excluding hydrogens is 696 g/mol. The van der Waals surface area contributed by atoms with Crippen molar-refractivity contribution in [1.82, 2.24) is 0 Å². The zero-order chi connectivity index (χ0) is 33.8. The van der Waals surface area contributed by atoms with Gasteiger partial charge >= 0.3 is 30.2 Å². The first-order chi connectivity index (χ1) is 23.3. The third-order valence-corrected chi connectivity index (χ3v) is 9.23. The Morgan fingerprint density at radius 1 is 0.480 bits per heavy atom. The average Bonchev–Trinajstić information content (AvgIpc) is 3.73. The molecule has 250 valence electrons. The van der Waals surface area contributed by atoms with Crippen LogP contribution in [-0.4, -0.2) is 6.88 Å². The SMILES string of the molecule is CC(C)c1cc2c(-c3cccc4ccccc34)cccc2[cH-]1.Cc1ccc(-c2cc(-c3ccc(C)cc3)c3cc(C)[cH-]c3c2)cc1.[CH3-].[CH3-].[Si]=[Zr]. The quantitative estimate of drug-likeness (QED) is 0.124. The third-order valence-electron chi connectivity index (χ3n) is 9.23. The number of hydrogen-bond acceptors (Lipinski definition) is 0. The van der Waals surface area contributed by atoms with Crippen LogP contribution < -0.4 is 0 Å². The fraction of sp³-hybridized carbons (Fsp3) is 0.125. The molecule has 0 fully saturated rings. The van der Waals surface area contributed by atoms with Gasteiger partial charge in [-0.1, -0.05) is 152 Å². The van der Waals surface area contributed by atoms with Crippen LogP contribution >= 0.6 is 0 Å². The maximum absolute atomic E-state index is 3.06. The molecule has 0 N–H and O–H groups in total. The molecule has 0 aliphatic heterocycles. The van der Waals surface area contributed by atoms with E-state index in [1.165, 1.54) is 111 Å². The van der Waals surface area contributed by atoms with Gasteiger partial charge in [0.05, 0.1) is 0 Å². The summed E-state index contributed by atoms with van der Waals surface area (Å²) < 4.78 is 0. The molecule has 0 spiro atoms. The minimum atomic E-state index is 0. The summed E-state index contributed by atoms with van der Waals surface area (Å²) in [5.74, 6) is 0.563. The predicted octanol–water partition coefficient (Wildman–Crippen LogP) is 13.8. The molecule has 0 unspecified atom stereocenters. The van der Waals surface area contributed by atoms with Crippen molar-refractivity contribution in [3.63, 3.8) is 0 Å². The van der Waals surface area contributed by atoms with Crippen molar-refractivity contribution in [2.45, 2.75) is 40.5 Å². The number of aryl methyl sites for hydroxylation is 3. The molecule has 0 nitrogen and oxygen atoms in total. The second-order valence-electron chi connectivity index (χ2n) is 13.1. The van der Waals surface area contributed by atoms with Crippen molar-refractivity contribution in [2.75, 3.05) is 0 Å². The predicted molar refractivity (Wildman–Crippen MR) is 220 cm³/mol. The van der Waals surface area contributed by atoms with Gasteiger partial charge in [-0.25, -0.2) is 0 Å². The topological polar surface area (TPSA) is 0 Å². The average molecular weight is 742 g/mol. The number of fused-ring (bicyclic) bond motifs is 3. The molecule has 2 radical (unpaired) electrons. The Balaban J connectivity index is 0.000000207. The van der Waals surface area contributed by atoms with E-state index in [1.807, 2.05) is 0 Å². The Bertz CT molecular complexity index is 2310. The molecule has 0 saturated carbocycles. The first kappa shape index (κ1) is 38.7. The van der Waals surface area contributed by atoms with E-state index in [2.05, 4.69) is 187 Å². The fourth-order valence-electron chi connectivity index (χ4n) is 6.64. The first-order valence-electron chi connectivity index (χ1n) is 16.6. The Morgan fingerprint density at radius 2 is 1.04 bits per heavy atom. The summed E-state index contributed by atoms with van der Waals surface area (Å²) in [4.78, 5) is 0. The van der Waals surface area contributed by atoms with Gasteiger partial charge in [0.1, 0.15) is 0 Å². The second kappa shape index (κ2) is 17.2. The number of hydrogen-bond donors (Lipinski definition) is 0. The molecule has 0 bridgehead atoms. The normalized spacial score (nSPS) is 10.5. The summed E-state index contributed by atoms with van der Waals surface area (Å²) in [6.07, 6.45) is 0. The van der Waals surface area contributed by atoms with Gasteiger partial charge in [-0.15, -0.1) is 63.0 Å². The molecule has 8 aromatic rings. The van der Waals surface area contributed by atoms with Crippen molar-refractivity contribution in [2.24, 2.45) is 0 Å². The van der Waals surface area contributed by atoms with Crippen LogP contribution in [0.5, 0.6) is 0 Å². The van der Waals surface area contributed by atoms with Gasteiger partial charge in [0, 0.05) is 0 Å². The van der Waals surface area contributed by atoms with E-state index >= 15 is 0 Å². The van der Waals surface area contributed by atoms with Crippen LogP contribution in [0.1, 0.15) is 42.0 Å². The summed E-state index contributed by atoms with van der Waals surface area (Å²) in [5, 5.41) is 7.99. The van der Waals surface area contributed by atoms with Gasteiger partial charge in [0.15, 0.2) is 0 Å². The first-order valence-corrected chi connectivity index (χ1v) is 20.8. The summed E-state index contributed by atoms with van der Waals surface area (Å²) in [7, 11) is 0. The van der Waals surface area contributed by atoms with Crippen LogP contribution in [0.2, 0.25) is 0 Å². The van der Waals surface area contributed by atoms with Crippen molar-refractivity contribution in [1.29, 1.82) is 0 Å². The van der Waals surface area contributed by atoms with Gasteiger partial charge < -0.3 is 14.9 Å². The summed E-state index contributed by atoms with van der Waals surface area (Å²) >= 11 is 1.36. The zero-order valence-electron chi connectivity index (χ0n) is 30.4. The van der Waals surface area contributed by atoms with Gasteiger partial charge in [-0.05, 0) is 47.2 Å². The Kier molecular flexibility index (Phi) is 13.3. The van der Waals surface area contributed by atoms with E-state index in [4.69, 9.17) is 0 Å². The molecule has 0 heterocycles. The van der Waals surface area contributed by atoms with Crippen LogP contribution in [-0.2, 0) is 23.3 Å². The third kappa shape index (κ3) is 8.26. The zero-order valence-corrected chi connectivity index (χ0v) is 33.9. The summed E-state index contributed by atoms with van der Waals surface area (Å²) in [6.45, 7) is 14.0. The molecule has 0 atom stereocenters. The Hall–Kier alpha value is -4.10. The van der Waals surface area contributed by atoms with Crippen LogP contribution in [0.15, 0.2) is 146 Å². The maximum atomic E-state index is 3.06. The number of benzene rings is 6. The van der Waals surface area contributed by atoms with Crippen LogP contribution in [0.3, 0.4) is 0 Å². The van der Waals surface area contributed by atoms with E-state index in [0.29, 0.717) is 5.92 Å². The van der Waals surface area contributed by atoms with Gasteiger partial charge in [0.25, 0.3) is 0 Å². The molecule has 0 saturated heterocycles. The molecule has 8 rings (SSSR count). The van der Waals surface area contributed by atoms with Crippen LogP contribution in [0, 0.1) is 35.6 Å². The molecule has 8 aromatic carbocycles. The van der Waals surface area contributed by atoms with Crippen molar-refractivity contribution in [3.05, 3.63) is 183 Å². The van der Waals surface area contributed by atoms with Gasteiger partial charge in [-0.2, -0.15) is 12.1 Å². The van der Waals surface area contributed by atoms with Gasteiger partial charge in [0.2, 0.25) is 0 Å². The minimum absolute atomic E-state index is 0. The standard InChI is InChI=1S/C24H21.C22H19.2CH3.Si.Zr/c1-16-4-8-19(9-5-16)21-14-22-12-18(3)13-23(22)24(15-21)20-10-6-17(2)7-11-20;1-15(2)18-13-17-9-6-12-21(22(17)14-18)20-11-5-8-16-7-3-4-10-19(16)20;;;;/h4-15H,1-3H3;3-15H,1-2H3;2*1H3;;/q4*-1;;. The Morgan fingerprint density at radius 3 is 1.70 bits per heavy atom. The second-order valence-corrected chi connectivity index (χ2v) is 13.1. The molecule has 0 amide bonds. The molecule has 0 aliphatic rings. The van der Waals surface area contributed by atoms with Crippen molar-refractivity contribution < 1.29 is 23.3 Å².